The van der Waals surface area contributed by atoms with Gasteiger partial charge in [0, 0.05) is 34.6 Å². The van der Waals surface area contributed by atoms with E-state index in [1.54, 1.807) is 30.2 Å². The average molecular weight is 536 g/mol. The summed E-state index contributed by atoms with van der Waals surface area (Å²) in [6, 6.07) is 12.1. The molecule has 1 atom stereocenters. The fraction of sp³-hybridized carbons (Fsp3) is 0.500. The lowest BCUT2D eigenvalue weighted by atomic mass is 9.95. The molecule has 1 fully saturated rings. The van der Waals surface area contributed by atoms with Crippen molar-refractivity contribution >= 4 is 35.0 Å². The van der Waals surface area contributed by atoms with Gasteiger partial charge in [0.2, 0.25) is 11.8 Å². The molecule has 1 saturated carbocycles. The molecule has 6 nitrogen and oxygen atoms in total. The highest BCUT2D eigenvalue weighted by Gasteiger charge is 2.31. The van der Waals surface area contributed by atoms with E-state index in [1.165, 1.54) is 6.42 Å². The normalized spacial score (nSPS) is 14.7. The average Bonchev–Trinajstić information content (AvgIpc) is 2.89. The summed E-state index contributed by atoms with van der Waals surface area (Å²) >= 11 is 12.9. The van der Waals surface area contributed by atoms with Crippen LogP contribution in [0.1, 0.15) is 63.9 Å². The van der Waals surface area contributed by atoms with Crippen LogP contribution in [0.2, 0.25) is 10.0 Å². The van der Waals surface area contributed by atoms with Gasteiger partial charge in [-0.3, -0.25) is 9.59 Å². The van der Waals surface area contributed by atoms with Gasteiger partial charge < -0.3 is 19.7 Å². The molecule has 1 aliphatic rings. The van der Waals surface area contributed by atoms with Gasteiger partial charge in [-0.15, -0.1) is 0 Å². The second kappa shape index (κ2) is 14.3. The molecule has 0 radical (unpaired) electrons. The molecule has 0 aromatic heterocycles. The van der Waals surface area contributed by atoms with Crippen LogP contribution in [0.3, 0.4) is 0 Å². The molecule has 1 N–H and O–H groups in total. The third kappa shape index (κ3) is 8.04. The maximum absolute atomic E-state index is 13.4. The molecule has 2 amide bonds. The van der Waals surface area contributed by atoms with Crippen LogP contribution in [0.25, 0.3) is 0 Å². The van der Waals surface area contributed by atoms with Crippen LogP contribution in [0.4, 0.5) is 0 Å². The summed E-state index contributed by atoms with van der Waals surface area (Å²) in [5.74, 6) is 1.22. The van der Waals surface area contributed by atoms with Crippen molar-refractivity contribution in [1.29, 1.82) is 0 Å². The minimum absolute atomic E-state index is 0.115. The standard InChI is InChI=1S/C28H36Cl2N2O4/c1-3-26(28(34)31-20-9-5-4-6-10-20)32(19-23-24(29)11-7-12-25(23)30)27(33)13-8-18-36-22-16-14-21(35-2)15-17-22/h7,11-12,14-17,20,26H,3-6,8-10,13,18-19H2,1-2H3,(H,31,34)/t26-/m0/s1. The first kappa shape index (κ1) is 28.1. The summed E-state index contributed by atoms with van der Waals surface area (Å²) < 4.78 is 10.9. The van der Waals surface area contributed by atoms with Crippen molar-refractivity contribution in [3.05, 3.63) is 58.1 Å². The summed E-state index contributed by atoms with van der Waals surface area (Å²) in [5, 5.41) is 4.14. The van der Waals surface area contributed by atoms with Gasteiger partial charge in [-0.1, -0.05) is 55.5 Å². The van der Waals surface area contributed by atoms with E-state index in [0.717, 1.165) is 31.4 Å². The van der Waals surface area contributed by atoms with Crippen molar-refractivity contribution in [3.8, 4) is 11.5 Å². The lowest BCUT2D eigenvalue weighted by Gasteiger charge is -2.33. The number of methoxy groups -OCH3 is 1. The molecule has 0 aliphatic heterocycles. The van der Waals surface area contributed by atoms with Gasteiger partial charge in [0.15, 0.2) is 0 Å². The fourth-order valence-corrected chi connectivity index (χ4v) is 5.06. The van der Waals surface area contributed by atoms with Gasteiger partial charge >= 0.3 is 0 Å². The Labute approximate surface area is 224 Å². The molecule has 0 spiro atoms. The maximum atomic E-state index is 13.4. The minimum atomic E-state index is -0.603. The van der Waals surface area contributed by atoms with Crippen LogP contribution in [0.5, 0.6) is 11.5 Å². The van der Waals surface area contributed by atoms with E-state index in [9.17, 15) is 9.59 Å². The van der Waals surface area contributed by atoms with Crippen molar-refractivity contribution < 1.29 is 19.1 Å². The number of nitrogens with zero attached hydrogens (tertiary/aromatic N) is 1. The number of rotatable bonds is 12. The van der Waals surface area contributed by atoms with Gasteiger partial charge in [0.05, 0.1) is 13.7 Å². The molecule has 2 aromatic carbocycles. The second-order valence-corrected chi connectivity index (χ2v) is 9.93. The lowest BCUT2D eigenvalue weighted by Crippen LogP contribution is -2.51. The van der Waals surface area contributed by atoms with E-state index in [-0.39, 0.29) is 30.8 Å². The van der Waals surface area contributed by atoms with Crippen LogP contribution >= 0.6 is 23.2 Å². The third-order valence-corrected chi connectivity index (χ3v) is 7.30. The summed E-state index contributed by atoms with van der Waals surface area (Å²) in [4.78, 5) is 28.4. The molecule has 36 heavy (non-hydrogen) atoms. The lowest BCUT2D eigenvalue weighted by molar-refractivity contribution is -0.142. The molecular weight excluding hydrogens is 499 g/mol. The summed E-state index contributed by atoms with van der Waals surface area (Å²) in [6.07, 6.45) is 6.65. The van der Waals surface area contributed by atoms with Crippen LogP contribution in [-0.4, -0.2) is 42.5 Å². The molecule has 0 heterocycles. The second-order valence-electron chi connectivity index (χ2n) is 9.12. The Kier molecular flexibility index (Phi) is 11.2. The number of nitrogens with one attached hydrogen (secondary N) is 1. The summed E-state index contributed by atoms with van der Waals surface area (Å²) in [7, 11) is 1.61. The first-order valence-electron chi connectivity index (χ1n) is 12.7. The zero-order chi connectivity index (χ0) is 25.9. The Balaban J connectivity index is 1.68. The number of hydrogen-bond donors (Lipinski definition) is 1. The third-order valence-electron chi connectivity index (χ3n) is 6.59. The minimum Gasteiger partial charge on any atom is -0.497 e. The van der Waals surface area contributed by atoms with E-state index in [0.29, 0.717) is 40.8 Å². The van der Waals surface area contributed by atoms with Gasteiger partial charge in [0.25, 0.3) is 0 Å². The number of carbonyl (C=O) groups excluding carboxylic acids is 2. The predicted molar refractivity (Wildman–Crippen MR) is 144 cm³/mol. The first-order chi connectivity index (χ1) is 17.4. The van der Waals surface area contributed by atoms with Crippen molar-refractivity contribution in [2.45, 2.75) is 76.9 Å². The zero-order valence-electron chi connectivity index (χ0n) is 21.1. The molecule has 2 aromatic rings. The highest BCUT2D eigenvalue weighted by Crippen LogP contribution is 2.28. The molecule has 3 rings (SSSR count). The highest BCUT2D eigenvalue weighted by molar-refractivity contribution is 6.36. The number of amides is 2. The first-order valence-corrected chi connectivity index (χ1v) is 13.5. The summed E-state index contributed by atoms with van der Waals surface area (Å²) in [6.45, 7) is 2.48. The van der Waals surface area contributed by atoms with E-state index in [1.807, 2.05) is 31.2 Å². The van der Waals surface area contributed by atoms with Crippen molar-refractivity contribution in [1.82, 2.24) is 10.2 Å². The van der Waals surface area contributed by atoms with Crippen molar-refractivity contribution in [2.24, 2.45) is 0 Å². The Hall–Kier alpha value is -2.44. The predicted octanol–water partition coefficient (Wildman–Crippen LogP) is 6.42. The SMILES string of the molecule is CC[C@@H](C(=O)NC1CCCCC1)N(Cc1c(Cl)cccc1Cl)C(=O)CCCOc1ccc(OC)cc1. The van der Waals surface area contributed by atoms with Gasteiger partial charge in [-0.25, -0.2) is 0 Å². The van der Waals surface area contributed by atoms with Crippen molar-refractivity contribution in [3.63, 3.8) is 0 Å². The van der Waals surface area contributed by atoms with Crippen molar-refractivity contribution in [2.75, 3.05) is 13.7 Å². The molecule has 8 heteroatoms. The zero-order valence-corrected chi connectivity index (χ0v) is 22.6. The van der Waals surface area contributed by atoms with Gasteiger partial charge in [-0.05, 0) is 62.1 Å². The van der Waals surface area contributed by atoms with E-state index >= 15 is 0 Å². The Bertz CT molecular complexity index is 973. The number of halogens is 2. The number of benzene rings is 2. The highest BCUT2D eigenvalue weighted by atomic mass is 35.5. The number of carbonyl (C=O) groups is 2. The molecule has 0 saturated heterocycles. The van der Waals surface area contributed by atoms with E-state index < -0.39 is 6.04 Å². The number of hydrogen-bond acceptors (Lipinski definition) is 4. The molecule has 196 valence electrons. The van der Waals surface area contributed by atoms with Crippen LogP contribution in [0.15, 0.2) is 42.5 Å². The van der Waals surface area contributed by atoms with Crippen LogP contribution in [-0.2, 0) is 16.1 Å². The molecule has 1 aliphatic carbocycles. The Morgan fingerprint density at radius 1 is 1.03 bits per heavy atom. The Morgan fingerprint density at radius 3 is 2.28 bits per heavy atom. The molecule has 0 bridgehead atoms. The molecule has 0 unspecified atom stereocenters. The van der Waals surface area contributed by atoms with Crippen LogP contribution < -0.4 is 14.8 Å². The monoisotopic (exact) mass is 534 g/mol. The van der Waals surface area contributed by atoms with Crippen LogP contribution in [0, 0.1) is 0 Å². The quantitative estimate of drug-likeness (QED) is 0.319. The fourth-order valence-electron chi connectivity index (χ4n) is 4.55. The Morgan fingerprint density at radius 2 is 1.67 bits per heavy atom. The van der Waals surface area contributed by atoms with E-state index in [4.69, 9.17) is 32.7 Å². The topological polar surface area (TPSA) is 67.9 Å². The smallest absolute Gasteiger partial charge is 0.243 e. The maximum Gasteiger partial charge on any atom is 0.243 e. The number of ether oxygens (including phenoxy) is 2. The van der Waals surface area contributed by atoms with Gasteiger partial charge in [0.1, 0.15) is 17.5 Å². The van der Waals surface area contributed by atoms with Gasteiger partial charge in [-0.2, -0.15) is 0 Å². The largest absolute Gasteiger partial charge is 0.497 e. The molecular formula is C28H36Cl2N2O4. The summed E-state index contributed by atoms with van der Waals surface area (Å²) in [5.41, 5.74) is 0.646. The van der Waals surface area contributed by atoms with E-state index in [2.05, 4.69) is 5.32 Å².